The lowest BCUT2D eigenvalue weighted by Gasteiger charge is -2.33. The number of aliphatic carboxylic acids is 1. The Morgan fingerprint density at radius 1 is 1.19 bits per heavy atom. The molecule has 0 saturated carbocycles. The van der Waals surface area contributed by atoms with Gasteiger partial charge in [0.1, 0.15) is 22.6 Å². The maximum atomic E-state index is 12.8. The Kier molecular flexibility index (Phi) is 4.53. The predicted molar refractivity (Wildman–Crippen MR) is 95.7 cm³/mol. The molecule has 2 saturated heterocycles. The van der Waals surface area contributed by atoms with Crippen molar-refractivity contribution in [3.8, 4) is 11.5 Å². The first-order chi connectivity index (χ1) is 13.1. The van der Waals surface area contributed by atoms with Gasteiger partial charge in [0, 0.05) is 19.7 Å². The van der Waals surface area contributed by atoms with Crippen molar-refractivity contribution in [3.05, 3.63) is 54.4 Å². The summed E-state index contributed by atoms with van der Waals surface area (Å²) in [5.74, 6) is -0.0413. The minimum atomic E-state index is -1.01. The second-order valence-electron chi connectivity index (χ2n) is 6.98. The summed E-state index contributed by atoms with van der Waals surface area (Å²) in [5.41, 5.74) is -0.736. The summed E-state index contributed by atoms with van der Waals surface area (Å²) in [7, 11) is 0. The SMILES string of the molecule is O=C(c1ccc(Oc2ccccc2)cn1)N1C[C@H]2CCOC[C@@]2(C(=O)O)C1. The van der Waals surface area contributed by atoms with Crippen LogP contribution in [0.4, 0.5) is 0 Å². The number of para-hydroxylation sites is 1. The third-order valence-electron chi connectivity index (χ3n) is 5.31. The van der Waals surface area contributed by atoms with Crippen LogP contribution >= 0.6 is 0 Å². The lowest BCUT2D eigenvalue weighted by Crippen LogP contribution is -2.46. The van der Waals surface area contributed by atoms with Gasteiger partial charge in [0.15, 0.2) is 0 Å². The van der Waals surface area contributed by atoms with E-state index in [1.165, 1.54) is 6.20 Å². The molecule has 2 aromatic rings. The predicted octanol–water partition coefficient (Wildman–Crippen LogP) is 2.44. The summed E-state index contributed by atoms with van der Waals surface area (Å²) in [4.78, 5) is 30.4. The van der Waals surface area contributed by atoms with Crippen LogP contribution in [0.15, 0.2) is 48.7 Å². The topological polar surface area (TPSA) is 89.0 Å². The molecule has 0 unspecified atom stereocenters. The lowest BCUT2D eigenvalue weighted by molar-refractivity contribution is -0.159. The number of likely N-dealkylation sites (tertiary alicyclic amines) is 1. The number of pyridine rings is 1. The van der Waals surface area contributed by atoms with Crippen molar-refractivity contribution in [3.63, 3.8) is 0 Å². The molecule has 7 heteroatoms. The van der Waals surface area contributed by atoms with Gasteiger partial charge in [-0.05, 0) is 36.6 Å². The number of benzene rings is 1. The molecule has 3 heterocycles. The molecule has 27 heavy (non-hydrogen) atoms. The zero-order valence-corrected chi connectivity index (χ0v) is 14.7. The molecule has 0 spiro atoms. The number of aromatic nitrogens is 1. The molecule has 0 radical (unpaired) electrons. The Balaban J connectivity index is 1.47. The summed E-state index contributed by atoms with van der Waals surface area (Å²) in [6.07, 6.45) is 2.15. The average Bonchev–Trinajstić information content (AvgIpc) is 3.10. The highest BCUT2D eigenvalue weighted by molar-refractivity contribution is 5.93. The Morgan fingerprint density at radius 3 is 2.67 bits per heavy atom. The van der Waals surface area contributed by atoms with Crippen molar-refractivity contribution >= 4 is 11.9 Å². The first-order valence-corrected chi connectivity index (χ1v) is 8.88. The summed E-state index contributed by atoms with van der Waals surface area (Å²) in [6, 6.07) is 12.6. The highest BCUT2D eigenvalue weighted by Gasteiger charge is 2.55. The number of ether oxygens (including phenoxy) is 2. The van der Waals surface area contributed by atoms with E-state index in [1.54, 1.807) is 17.0 Å². The van der Waals surface area contributed by atoms with Crippen molar-refractivity contribution in [2.75, 3.05) is 26.3 Å². The highest BCUT2D eigenvalue weighted by Crippen LogP contribution is 2.42. The van der Waals surface area contributed by atoms with E-state index in [9.17, 15) is 14.7 Å². The molecule has 1 N–H and O–H groups in total. The molecule has 2 aliphatic heterocycles. The van der Waals surface area contributed by atoms with Gasteiger partial charge in [0.25, 0.3) is 5.91 Å². The number of rotatable bonds is 4. The van der Waals surface area contributed by atoms with Crippen molar-refractivity contribution in [2.45, 2.75) is 6.42 Å². The van der Waals surface area contributed by atoms with E-state index in [1.807, 2.05) is 30.3 Å². The van der Waals surface area contributed by atoms with Gasteiger partial charge in [-0.25, -0.2) is 4.98 Å². The summed E-state index contributed by atoms with van der Waals surface area (Å²) in [5, 5.41) is 9.70. The Labute approximate surface area is 156 Å². The third kappa shape index (κ3) is 3.26. The van der Waals surface area contributed by atoms with Gasteiger partial charge in [-0.2, -0.15) is 0 Å². The number of carboxylic acid groups (broad SMARTS) is 1. The first-order valence-electron chi connectivity index (χ1n) is 8.88. The van der Waals surface area contributed by atoms with Crippen LogP contribution in [0.25, 0.3) is 0 Å². The zero-order valence-electron chi connectivity index (χ0n) is 14.7. The van der Waals surface area contributed by atoms with Crippen molar-refractivity contribution in [1.82, 2.24) is 9.88 Å². The van der Waals surface area contributed by atoms with Crippen molar-refractivity contribution < 1.29 is 24.2 Å². The summed E-state index contributed by atoms with van der Waals surface area (Å²) in [6.45, 7) is 1.24. The van der Waals surface area contributed by atoms with Crippen LogP contribution in [0.1, 0.15) is 16.9 Å². The summed E-state index contributed by atoms with van der Waals surface area (Å²) < 4.78 is 11.1. The molecule has 1 aromatic heterocycles. The first kappa shape index (κ1) is 17.5. The van der Waals surface area contributed by atoms with E-state index in [-0.39, 0.29) is 30.7 Å². The van der Waals surface area contributed by atoms with Gasteiger partial charge in [-0.1, -0.05) is 18.2 Å². The van der Waals surface area contributed by atoms with Gasteiger partial charge in [0.05, 0.1) is 12.8 Å². The maximum Gasteiger partial charge on any atom is 0.314 e. The molecule has 2 aliphatic rings. The van der Waals surface area contributed by atoms with E-state index in [0.29, 0.717) is 31.1 Å². The number of carboxylic acids is 1. The number of amides is 1. The molecule has 1 aromatic carbocycles. The standard InChI is InChI=1S/C20H20N2O5/c23-18(22-11-14-8-9-26-13-20(14,12-22)19(24)25)17-7-6-16(10-21-17)27-15-4-2-1-3-5-15/h1-7,10,14H,8-9,11-13H2,(H,24,25)/t14-,20+/m1/s1. The molecule has 1 amide bonds. The molecule has 7 nitrogen and oxygen atoms in total. The van der Waals surface area contributed by atoms with Gasteiger partial charge in [-0.3, -0.25) is 9.59 Å². The fourth-order valence-electron chi connectivity index (χ4n) is 3.80. The Morgan fingerprint density at radius 2 is 2.00 bits per heavy atom. The number of hydrogen-bond acceptors (Lipinski definition) is 5. The van der Waals surface area contributed by atoms with Crippen LogP contribution in [-0.2, 0) is 9.53 Å². The van der Waals surface area contributed by atoms with E-state index < -0.39 is 11.4 Å². The molecule has 0 bridgehead atoms. The van der Waals surface area contributed by atoms with Crippen molar-refractivity contribution in [2.24, 2.45) is 11.3 Å². The van der Waals surface area contributed by atoms with Gasteiger partial charge >= 0.3 is 5.97 Å². The highest BCUT2D eigenvalue weighted by atomic mass is 16.5. The maximum absolute atomic E-state index is 12.8. The molecule has 0 aliphatic carbocycles. The molecule has 140 valence electrons. The van der Waals surface area contributed by atoms with Gasteiger partial charge < -0.3 is 19.5 Å². The normalized spacial score (nSPS) is 24.3. The minimum Gasteiger partial charge on any atom is -0.481 e. The summed E-state index contributed by atoms with van der Waals surface area (Å²) >= 11 is 0. The second kappa shape index (κ2) is 7.00. The second-order valence-corrected chi connectivity index (χ2v) is 6.98. The molecule has 2 atom stereocenters. The molecule has 4 rings (SSSR count). The largest absolute Gasteiger partial charge is 0.481 e. The average molecular weight is 368 g/mol. The minimum absolute atomic E-state index is 0.0895. The fraction of sp³-hybridized carbons (Fsp3) is 0.350. The molecular weight excluding hydrogens is 348 g/mol. The Bertz CT molecular complexity index is 839. The quantitative estimate of drug-likeness (QED) is 0.892. The van der Waals surface area contributed by atoms with E-state index in [2.05, 4.69) is 4.98 Å². The van der Waals surface area contributed by atoms with Gasteiger partial charge in [0.2, 0.25) is 0 Å². The zero-order chi connectivity index (χ0) is 18.9. The van der Waals surface area contributed by atoms with Gasteiger partial charge in [-0.15, -0.1) is 0 Å². The number of hydrogen-bond donors (Lipinski definition) is 1. The van der Waals surface area contributed by atoms with E-state index in [0.717, 1.165) is 0 Å². The third-order valence-corrected chi connectivity index (χ3v) is 5.31. The smallest absolute Gasteiger partial charge is 0.314 e. The van der Waals surface area contributed by atoms with Crippen LogP contribution in [0.5, 0.6) is 11.5 Å². The van der Waals surface area contributed by atoms with Crippen LogP contribution in [0.2, 0.25) is 0 Å². The van der Waals surface area contributed by atoms with Crippen LogP contribution in [0.3, 0.4) is 0 Å². The molecular formula is C20H20N2O5. The van der Waals surface area contributed by atoms with E-state index in [4.69, 9.17) is 9.47 Å². The monoisotopic (exact) mass is 368 g/mol. The van der Waals surface area contributed by atoms with Crippen molar-refractivity contribution in [1.29, 1.82) is 0 Å². The Hall–Kier alpha value is -2.93. The number of carbonyl (C=O) groups excluding carboxylic acids is 1. The van der Waals surface area contributed by atoms with Crippen LogP contribution in [0, 0.1) is 11.3 Å². The lowest BCUT2D eigenvalue weighted by atomic mass is 9.76. The fourth-order valence-corrected chi connectivity index (χ4v) is 3.80. The van der Waals surface area contributed by atoms with Crippen LogP contribution < -0.4 is 4.74 Å². The number of nitrogens with zero attached hydrogens (tertiary/aromatic N) is 2. The number of fused-ring (bicyclic) bond motifs is 1. The van der Waals surface area contributed by atoms with Crippen LogP contribution in [-0.4, -0.2) is 53.2 Å². The number of carbonyl (C=O) groups is 2. The molecule has 2 fully saturated rings. The van der Waals surface area contributed by atoms with E-state index >= 15 is 0 Å².